The number of carbonyl (C=O) groups excluding carboxylic acids is 1. The van der Waals surface area contributed by atoms with Crippen molar-refractivity contribution in [3.8, 4) is 5.75 Å². The average Bonchev–Trinajstić information content (AvgIpc) is 2.56. The number of carboxylic acids is 1. The van der Waals surface area contributed by atoms with E-state index in [9.17, 15) is 14.7 Å². The van der Waals surface area contributed by atoms with E-state index in [1.165, 1.54) is 0 Å². The van der Waals surface area contributed by atoms with Crippen LogP contribution in [0.25, 0.3) is 0 Å². The number of aliphatic carboxylic acids is 1. The van der Waals surface area contributed by atoms with Gasteiger partial charge in [0.1, 0.15) is 5.75 Å². The summed E-state index contributed by atoms with van der Waals surface area (Å²) >= 11 is 0. The average molecular weight is 319 g/mol. The number of rotatable bonds is 7. The van der Waals surface area contributed by atoms with Crippen LogP contribution in [0.5, 0.6) is 5.75 Å². The first-order chi connectivity index (χ1) is 11.1. The molecule has 23 heavy (non-hydrogen) atoms. The molecule has 0 bridgehead atoms. The Labute approximate surface area is 137 Å². The summed E-state index contributed by atoms with van der Waals surface area (Å²) in [5.74, 6) is -0.150. The monoisotopic (exact) mass is 319 g/mol. The molecule has 0 radical (unpaired) electrons. The molecule has 1 saturated carbocycles. The van der Waals surface area contributed by atoms with Crippen LogP contribution in [0.1, 0.15) is 44.6 Å². The van der Waals surface area contributed by atoms with Crippen LogP contribution < -0.4 is 10.1 Å². The van der Waals surface area contributed by atoms with Crippen LogP contribution in [0.3, 0.4) is 0 Å². The maximum atomic E-state index is 12.1. The van der Waals surface area contributed by atoms with E-state index in [-0.39, 0.29) is 18.9 Å². The molecule has 5 nitrogen and oxygen atoms in total. The largest absolute Gasteiger partial charge is 0.494 e. The van der Waals surface area contributed by atoms with Crippen molar-refractivity contribution in [2.75, 3.05) is 13.2 Å². The fraction of sp³-hybridized carbons (Fsp3) is 0.556. The fourth-order valence-corrected chi connectivity index (χ4v) is 3.08. The van der Waals surface area contributed by atoms with E-state index in [1.54, 1.807) is 0 Å². The van der Waals surface area contributed by atoms with Gasteiger partial charge >= 0.3 is 5.97 Å². The second kappa shape index (κ2) is 7.99. The lowest BCUT2D eigenvalue weighted by molar-refractivity contribution is -0.151. The summed E-state index contributed by atoms with van der Waals surface area (Å²) in [7, 11) is 0. The lowest BCUT2D eigenvalue weighted by atomic mass is 9.74. The van der Waals surface area contributed by atoms with Crippen molar-refractivity contribution in [2.24, 2.45) is 5.41 Å². The summed E-state index contributed by atoms with van der Waals surface area (Å²) in [6, 6.07) is 7.40. The third-order valence-electron chi connectivity index (χ3n) is 4.49. The molecule has 0 unspecified atom stereocenters. The zero-order chi connectivity index (χ0) is 16.7. The molecule has 2 rings (SSSR count). The van der Waals surface area contributed by atoms with Crippen molar-refractivity contribution >= 4 is 11.9 Å². The number of nitrogens with one attached hydrogen (secondary N) is 1. The highest BCUT2D eigenvalue weighted by atomic mass is 16.5. The van der Waals surface area contributed by atoms with Gasteiger partial charge in [0, 0.05) is 6.54 Å². The molecule has 0 saturated heterocycles. The van der Waals surface area contributed by atoms with Gasteiger partial charge in [-0.2, -0.15) is 0 Å². The maximum Gasteiger partial charge on any atom is 0.311 e. The Morgan fingerprint density at radius 3 is 2.39 bits per heavy atom. The second-order valence-corrected chi connectivity index (χ2v) is 6.18. The zero-order valence-corrected chi connectivity index (χ0v) is 13.6. The van der Waals surface area contributed by atoms with E-state index in [0.717, 1.165) is 30.6 Å². The highest BCUT2D eigenvalue weighted by Gasteiger charge is 2.39. The van der Waals surface area contributed by atoms with E-state index in [1.807, 2.05) is 31.2 Å². The fourth-order valence-electron chi connectivity index (χ4n) is 3.08. The van der Waals surface area contributed by atoms with Crippen molar-refractivity contribution in [1.29, 1.82) is 0 Å². The summed E-state index contributed by atoms with van der Waals surface area (Å²) in [6.45, 7) is 2.75. The third kappa shape index (κ3) is 4.71. The molecule has 0 atom stereocenters. The lowest BCUT2D eigenvalue weighted by Crippen LogP contribution is -2.44. The first-order valence-corrected chi connectivity index (χ1v) is 8.27. The van der Waals surface area contributed by atoms with Crippen molar-refractivity contribution in [2.45, 2.75) is 45.4 Å². The summed E-state index contributed by atoms with van der Waals surface area (Å²) in [5, 5.41) is 12.3. The van der Waals surface area contributed by atoms with Gasteiger partial charge in [-0.1, -0.05) is 31.4 Å². The first kappa shape index (κ1) is 17.3. The second-order valence-electron chi connectivity index (χ2n) is 6.18. The standard InChI is InChI=1S/C18H25NO4/c1-2-23-15-8-6-14(7-9-15)12-16(20)19-13-18(17(21)22)10-4-3-5-11-18/h6-9H,2-5,10-13H2,1H3,(H,19,20)(H,21,22). The van der Waals surface area contributed by atoms with Gasteiger partial charge in [-0.15, -0.1) is 0 Å². The molecule has 0 aromatic heterocycles. The lowest BCUT2D eigenvalue weighted by Gasteiger charge is -2.33. The van der Waals surface area contributed by atoms with Gasteiger partial charge in [0.2, 0.25) is 5.91 Å². The molecule has 0 spiro atoms. The minimum atomic E-state index is -0.793. The summed E-state index contributed by atoms with van der Waals surface area (Å²) in [4.78, 5) is 23.7. The van der Waals surface area contributed by atoms with E-state index in [2.05, 4.69) is 5.32 Å². The topological polar surface area (TPSA) is 75.6 Å². The maximum absolute atomic E-state index is 12.1. The molecular formula is C18H25NO4. The number of hydrogen-bond donors (Lipinski definition) is 2. The minimum absolute atomic E-state index is 0.139. The SMILES string of the molecule is CCOc1ccc(CC(=O)NCC2(C(=O)O)CCCCC2)cc1. The van der Waals surface area contributed by atoms with Gasteiger partial charge in [0.05, 0.1) is 18.4 Å². The first-order valence-electron chi connectivity index (χ1n) is 8.27. The summed E-state index contributed by atoms with van der Waals surface area (Å²) in [5.41, 5.74) is 0.103. The van der Waals surface area contributed by atoms with Gasteiger partial charge in [0.15, 0.2) is 0 Å². The molecule has 1 amide bonds. The third-order valence-corrected chi connectivity index (χ3v) is 4.49. The minimum Gasteiger partial charge on any atom is -0.494 e. The molecule has 126 valence electrons. The number of ether oxygens (including phenoxy) is 1. The quantitative estimate of drug-likeness (QED) is 0.810. The van der Waals surface area contributed by atoms with E-state index in [0.29, 0.717) is 19.4 Å². The number of amides is 1. The van der Waals surface area contributed by atoms with Crippen LogP contribution in [0.15, 0.2) is 24.3 Å². The zero-order valence-electron chi connectivity index (χ0n) is 13.6. The van der Waals surface area contributed by atoms with Crippen LogP contribution in [0, 0.1) is 5.41 Å². The molecule has 0 aliphatic heterocycles. The Kier molecular flexibility index (Phi) is 6.02. The smallest absolute Gasteiger partial charge is 0.311 e. The molecule has 5 heteroatoms. The summed E-state index contributed by atoms with van der Waals surface area (Å²) < 4.78 is 5.37. The Balaban J connectivity index is 1.87. The van der Waals surface area contributed by atoms with Crippen molar-refractivity contribution in [3.63, 3.8) is 0 Å². The van der Waals surface area contributed by atoms with Gasteiger partial charge in [-0.25, -0.2) is 0 Å². The van der Waals surface area contributed by atoms with E-state index in [4.69, 9.17) is 4.74 Å². The van der Waals surface area contributed by atoms with E-state index < -0.39 is 11.4 Å². The van der Waals surface area contributed by atoms with Crippen molar-refractivity contribution in [3.05, 3.63) is 29.8 Å². The van der Waals surface area contributed by atoms with Gasteiger partial charge < -0.3 is 15.2 Å². The van der Waals surface area contributed by atoms with Gasteiger partial charge in [-0.05, 0) is 37.5 Å². The predicted octanol–water partition coefficient (Wildman–Crippen LogP) is 2.78. The Morgan fingerprint density at radius 1 is 1.17 bits per heavy atom. The van der Waals surface area contributed by atoms with Crippen molar-refractivity contribution < 1.29 is 19.4 Å². The Hall–Kier alpha value is -2.04. The highest BCUT2D eigenvalue weighted by molar-refractivity contribution is 5.80. The molecule has 2 N–H and O–H groups in total. The molecule has 1 aliphatic carbocycles. The van der Waals surface area contributed by atoms with Crippen LogP contribution in [-0.4, -0.2) is 30.1 Å². The van der Waals surface area contributed by atoms with Crippen molar-refractivity contribution in [1.82, 2.24) is 5.32 Å². The number of carboxylic acid groups (broad SMARTS) is 1. The number of hydrogen-bond acceptors (Lipinski definition) is 3. The molecule has 1 aromatic rings. The Morgan fingerprint density at radius 2 is 1.83 bits per heavy atom. The van der Waals surface area contributed by atoms with Crippen LogP contribution >= 0.6 is 0 Å². The van der Waals surface area contributed by atoms with Crippen LogP contribution in [0.4, 0.5) is 0 Å². The molecular weight excluding hydrogens is 294 g/mol. The molecule has 1 aliphatic rings. The number of benzene rings is 1. The molecule has 0 heterocycles. The normalized spacial score (nSPS) is 16.6. The molecule has 1 fully saturated rings. The van der Waals surface area contributed by atoms with Crippen LogP contribution in [0.2, 0.25) is 0 Å². The number of carbonyl (C=O) groups is 2. The van der Waals surface area contributed by atoms with Crippen LogP contribution in [-0.2, 0) is 16.0 Å². The predicted molar refractivity (Wildman–Crippen MR) is 87.5 cm³/mol. The summed E-state index contributed by atoms with van der Waals surface area (Å²) in [6.07, 6.45) is 4.46. The van der Waals surface area contributed by atoms with E-state index >= 15 is 0 Å². The highest BCUT2D eigenvalue weighted by Crippen LogP contribution is 2.36. The molecule has 1 aromatic carbocycles. The van der Waals surface area contributed by atoms with Gasteiger partial charge in [0.25, 0.3) is 0 Å². The Bertz CT molecular complexity index is 532. The van der Waals surface area contributed by atoms with Gasteiger partial charge in [-0.3, -0.25) is 9.59 Å².